The molecule has 0 aliphatic carbocycles. The van der Waals surface area contributed by atoms with Gasteiger partial charge in [-0.05, 0) is 6.07 Å². The smallest absolute Gasteiger partial charge is 0.177 e. The summed E-state index contributed by atoms with van der Waals surface area (Å²) >= 11 is 0. The molecule has 0 N–H and O–H groups in total. The number of nitrogens with zero attached hydrogens (tertiary/aromatic N) is 1. The Labute approximate surface area is 82.6 Å². The molecule has 0 spiro atoms. The quantitative estimate of drug-likeness (QED) is 0.714. The van der Waals surface area contributed by atoms with Crippen molar-refractivity contribution >= 4 is 19.7 Å². The van der Waals surface area contributed by atoms with Gasteiger partial charge < -0.3 is 0 Å². The number of sulfone groups is 2. The van der Waals surface area contributed by atoms with Crippen LogP contribution < -0.4 is 0 Å². The fraction of sp³-hybridized carbons (Fsp3) is 0.286. The molecule has 0 saturated heterocycles. The maximum Gasteiger partial charge on any atom is 0.177 e. The van der Waals surface area contributed by atoms with Gasteiger partial charge in [-0.2, -0.15) is 0 Å². The van der Waals surface area contributed by atoms with Gasteiger partial charge in [0, 0.05) is 24.9 Å². The van der Waals surface area contributed by atoms with Crippen LogP contribution in [0.4, 0.5) is 0 Å². The predicted octanol–water partition coefficient (Wildman–Crippen LogP) is -0.111. The van der Waals surface area contributed by atoms with E-state index in [0.29, 0.717) is 0 Å². The summed E-state index contributed by atoms with van der Waals surface area (Å²) in [6.45, 7) is 0. The van der Waals surface area contributed by atoms with Gasteiger partial charge in [-0.15, -0.1) is 0 Å². The highest BCUT2D eigenvalue weighted by atomic mass is 32.2. The van der Waals surface area contributed by atoms with Crippen molar-refractivity contribution in [2.45, 2.75) is 9.79 Å². The number of aromatic nitrogens is 1. The summed E-state index contributed by atoms with van der Waals surface area (Å²) in [5.74, 6) is 0. The molecule has 0 fully saturated rings. The van der Waals surface area contributed by atoms with Crippen LogP contribution in [0.5, 0.6) is 0 Å². The molecule has 1 aromatic rings. The summed E-state index contributed by atoms with van der Waals surface area (Å²) in [4.78, 5) is 3.37. The lowest BCUT2D eigenvalue weighted by molar-refractivity contribution is 0.599. The summed E-state index contributed by atoms with van der Waals surface area (Å²) in [5, 5.41) is 0. The van der Waals surface area contributed by atoms with Gasteiger partial charge in [0.1, 0.15) is 0 Å². The minimum atomic E-state index is -3.41. The number of hydrogen-bond acceptors (Lipinski definition) is 5. The Morgan fingerprint density at radius 2 is 1.29 bits per heavy atom. The van der Waals surface area contributed by atoms with E-state index in [4.69, 9.17) is 0 Å². The SMILES string of the molecule is CS(=O)(=O)c1cncc(S(C)(=O)=O)c1. The Morgan fingerprint density at radius 1 is 0.929 bits per heavy atom. The first-order valence-corrected chi connectivity index (χ1v) is 7.35. The number of pyridine rings is 1. The van der Waals surface area contributed by atoms with Crippen LogP contribution >= 0.6 is 0 Å². The number of rotatable bonds is 2. The third kappa shape index (κ3) is 2.52. The molecule has 1 rings (SSSR count). The maximum absolute atomic E-state index is 11.1. The Bertz CT molecular complexity index is 498. The largest absolute Gasteiger partial charge is 0.262 e. The van der Waals surface area contributed by atoms with Crippen molar-refractivity contribution in [1.29, 1.82) is 0 Å². The van der Waals surface area contributed by atoms with E-state index in [1.165, 1.54) is 0 Å². The van der Waals surface area contributed by atoms with Crippen molar-refractivity contribution in [2.24, 2.45) is 0 Å². The zero-order valence-electron chi connectivity index (χ0n) is 7.63. The first-order valence-electron chi connectivity index (χ1n) is 3.56. The summed E-state index contributed by atoms with van der Waals surface area (Å²) in [7, 11) is -6.83. The standard InChI is InChI=1S/C7H9NO4S2/c1-13(9,10)6-3-7(5-8-4-6)14(2,11)12/h3-5H,1-2H3. The summed E-state index contributed by atoms with van der Waals surface area (Å²) < 4.78 is 44.3. The molecule has 0 bridgehead atoms. The molecular weight excluding hydrogens is 226 g/mol. The van der Waals surface area contributed by atoms with Gasteiger partial charge in [-0.3, -0.25) is 4.98 Å². The second-order valence-corrected chi connectivity index (χ2v) is 6.93. The lowest BCUT2D eigenvalue weighted by Gasteiger charge is -2.00. The monoisotopic (exact) mass is 235 g/mol. The lowest BCUT2D eigenvalue weighted by Crippen LogP contribution is -2.02. The molecule has 0 saturated carbocycles. The van der Waals surface area contributed by atoms with Crippen LogP contribution in [0.1, 0.15) is 0 Å². The fourth-order valence-electron chi connectivity index (χ4n) is 0.804. The van der Waals surface area contributed by atoms with Gasteiger partial charge in [-0.1, -0.05) is 0 Å². The fourth-order valence-corrected chi connectivity index (χ4v) is 2.07. The highest BCUT2D eigenvalue weighted by Gasteiger charge is 2.13. The first-order chi connectivity index (χ1) is 6.21. The van der Waals surface area contributed by atoms with E-state index >= 15 is 0 Å². The molecule has 78 valence electrons. The third-order valence-corrected chi connectivity index (χ3v) is 3.70. The molecule has 0 atom stereocenters. The first kappa shape index (κ1) is 11.1. The second-order valence-electron chi connectivity index (χ2n) is 2.90. The van der Waals surface area contributed by atoms with E-state index < -0.39 is 19.7 Å². The van der Waals surface area contributed by atoms with E-state index in [1.807, 2.05) is 0 Å². The van der Waals surface area contributed by atoms with E-state index in [-0.39, 0.29) is 9.79 Å². The van der Waals surface area contributed by atoms with Gasteiger partial charge in [0.2, 0.25) is 0 Å². The molecule has 0 radical (unpaired) electrons. The van der Waals surface area contributed by atoms with E-state index in [2.05, 4.69) is 4.98 Å². The molecule has 5 nitrogen and oxygen atoms in total. The highest BCUT2D eigenvalue weighted by molar-refractivity contribution is 7.91. The molecular formula is C7H9NO4S2. The lowest BCUT2D eigenvalue weighted by atomic mass is 10.5. The predicted molar refractivity (Wildman–Crippen MR) is 50.5 cm³/mol. The van der Waals surface area contributed by atoms with Crippen molar-refractivity contribution in [3.63, 3.8) is 0 Å². The van der Waals surface area contributed by atoms with Crippen LogP contribution in [0.2, 0.25) is 0 Å². The van der Waals surface area contributed by atoms with Gasteiger partial charge in [0.15, 0.2) is 19.7 Å². The molecule has 0 unspecified atom stereocenters. The Balaban J connectivity index is 3.44. The van der Waals surface area contributed by atoms with Crippen molar-refractivity contribution in [3.05, 3.63) is 18.5 Å². The van der Waals surface area contributed by atoms with Crippen molar-refractivity contribution < 1.29 is 16.8 Å². The summed E-state index contributed by atoms with van der Waals surface area (Å²) in [5.41, 5.74) is 0. The van der Waals surface area contributed by atoms with Gasteiger partial charge in [-0.25, -0.2) is 16.8 Å². The van der Waals surface area contributed by atoms with Crippen molar-refractivity contribution in [3.8, 4) is 0 Å². The summed E-state index contributed by atoms with van der Waals surface area (Å²) in [6.07, 6.45) is 4.22. The molecule has 0 amide bonds. The zero-order valence-corrected chi connectivity index (χ0v) is 9.26. The third-order valence-electron chi connectivity index (χ3n) is 1.54. The van der Waals surface area contributed by atoms with E-state index in [0.717, 1.165) is 31.0 Å². The second kappa shape index (κ2) is 3.32. The average molecular weight is 235 g/mol. The van der Waals surface area contributed by atoms with Crippen LogP contribution in [-0.4, -0.2) is 34.3 Å². The van der Waals surface area contributed by atoms with Crippen LogP contribution in [0.3, 0.4) is 0 Å². The van der Waals surface area contributed by atoms with E-state index in [9.17, 15) is 16.8 Å². The Kier molecular flexibility index (Phi) is 2.64. The molecule has 7 heteroatoms. The molecule has 14 heavy (non-hydrogen) atoms. The normalized spacial score (nSPS) is 12.7. The van der Waals surface area contributed by atoms with Gasteiger partial charge in [0.05, 0.1) is 9.79 Å². The molecule has 0 aromatic carbocycles. The summed E-state index contributed by atoms with van der Waals surface area (Å²) in [6, 6.07) is 1.09. The van der Waals surface area contributed by atoms with E-state index in [1.54, 1.807) is 0 Å². The molecule has 1 heterocycles. The Morgan fingerprint density at radius 3 is 1.57 bits per heavy atom. The van der Waals surface area contributed by atoms with Crippen LogP contribution in [0, 0.1) is 0 Å². The van der Waals surface area contributed by atoms with Gasteiger partial charge >= 0.3 is 0 Å². The number of hydrogen-bond donors (Lipinski definition) is 0. The minimum absolute atomic E-state index is 0.0968. The topological polar surface area (TPSA) is 81.2 Å². The Hall–Kier alpha value is -0.950. The molecule has 0 aliphatic heterocycles. The van der Waals surface area contributed by atoms with Crippen LogP contribution in [-0.2, 0) is 19.7 Å². The average Bonchev–Trinajstić information content (AvgIpc) is 2.01. The maximum atomic E-state index is 11.1. The van der Waals surface area contributed by atoms with Crippen molar-refractivity contribution in [1.82, 2.24) is 4.98 Å². The molecule has 1 aromatic heterocycles. The zero-order chi connectivity index (χ0) is 11.0. The minimum Gasteiger partial charge on any atom is -0.262 e. The van der Waals surface area contributed by atoms with Crippen LogP contribution in [0.25, 0.3) is 0 Å². The van der Waals surface area contributed by atoms with Gasteiger partial charge in [0.25, 0.3) is 0 Å². The highest BCUT2D eigenvalue weighted by Crippen LogP contribution is 2.13. The molecule has 0 aliphatic rings. The van der Waals surface area contributed by atoms with Crippen LogP contribution in [0.15, 0.2) is 28.3 Å². The van der Waals surface area contributed by atoms with Crippen molar-refractivity contribution in [2.75, 3.05) is 12.5 Å².